The smallest absolute Gasteiger partial charge is 0.291 e. The van der Waals surface area contributed by atoms with Gasteiger partial charge >= 0.3 is 6.55 Å². The fraction of sp³-hybridized carbons (Fsp3) is 0.600. The number of rotatable bonds is 6. The Balaban J connectivity index is 2.15. The van der Waals surface area contributed by atoms with Crippen LogP contribution in [0.4, 0.5) is 8.78 Å². The molecule has 7 heteroatoms. The molecule has 0 aliphatic rings. The Morgan fingerprint density at radius 2 is 2.00 bits per heavy atom. The van der Waals surface area contributed by atoms with Gasteiger partial charge in [0, 0.05) is 29.2 Å². The van der Waals surface area contributed by atoms with Crippen molar-refractivity contribution in [3.63, 3.8) is 0 Å². The van der Waals surface area contributed by atoms with E-state index in [9.17, 15) is 8.78 Å². The lowest BCUT2D eigenvalue weighted by Gasteiger charge is -2.24. The molecule has 22 heavy (non-hydrogen) atoms. The normalized spacial score (nSPS) is 13.5. The van der Waals surface area contributed by atoms with Gasteiger partial charge in [-0.3, -0.25) is 9.47 Å². The van der Waals surface area contributed by atoms with Crippen molar-refractivity contribution in [2.45, 2.75) is 52.7 Å². The van der Waals surface area contributed by atoms with Crippen LogP contribution in [0.5, 0.6) is 0 Å². The van der Waals surface area contributed by atoms with Gasteiger partial charge in [-0.1, -0.05) is 13.8 Å². The Bertz CT molecular complexity index is 621. The van der Waals surface area contributed by atoms with Crippen LogP contribution in [-0.2, 0) is 6.54 Å². The lowest BCUT2D eigenvalue weighted by atomic mass is 10.2. The molecule has 1 atom stereocenters. The average Bonchev–Trinajstić information content (AvgIpc) is 3.04. The number of halogens is 2. The average molecular weight is 328 g/mol. The minimum atomic E-state index is -2.56. The van der Waals surface area contributed by atoms with E-state index >= 15 is 0 Å². The minimum absolute atomic E-state index is 0.104. The highest BCUT2D eigenvalue weighted by atomic mass is 32.1. The first kappa shape index (κ1) is 17.0. The molecule has 0 unspecified atom stereocenters. The molecule has 0 aliphatic heterocycles. The van der Waals surface area contributed by atoms with E-state index in [2.05, 4.69) is 30.7 Å². The second-order valence-corrected chi connectivity index (χ2v) is 6.84. The van der Waals surface area contributed by atoms with Crippen molar-refractivity contribution in [3.05, 3.63) is 33.8 Å². The molecular weight excluding hydrogens is 306 g/mol. The topological polar surface area (TPSA) is 34.0 Å². The van der Waals surface area contributed by atoms with Crippen LogP contribution in [0.25, 0.3) is 0 Å². The van der Waals surface area contributed by atoms with E-state index in [0.29, 0.717) is 18.3 Å². The summed E-state index contributed by atoms with van der Waals surface area (Å²) in [6.45, 7) is 6.13. The molecule has 0 aliphatic carbocycles. The quantitative estimate of drug-likeness (QED) is 0.790. The molecule has 0 bridgehead atoms. The predicted octanol–water partition coefficient (Wildman–Crippen LogP) is 4.36. The van der Waals surface area contributed by atoms with Crippen LogP contribution in [-0.4, -0.2) is 26.5 Å². The van der Waals surface area contributed by atoms with Gasteiger partial charge in [0.2, 0.25) is 0 Å². The standard InChI is InChI=1S/C15H22F2N4S/c1-9(2)14-19-10(3)13(22-14)11(4)20(5)8-12-18-6-7-21(12)15(16)17/h6-7,9,11,15H,8H2,1-5H3/t11-/m0/s1. The summed E-state index contributed by atoms with van der Waals surface area (Å²) in [4.78, 5) is 11.8. The first-order valence-electron chi connectivity index (χ1n) is 7.28. The van der Waals surface area contributed by atoms with E-state index < -0.39 is 6.55 Å². The van der Waals surface area contributed by atoms with Gasteiger partial charge in [-0.05, 0) is 20.9 Å². The van der Waals surface area contributed by atoms with Gasteiger partial charge in [0.05, 0.1) is 17.2 Å². The largest absolute Gasteiger partial charge is 0.319 e. The Labute approximate surface area is 133 Å². The fourth-order valence-electron chi connectivity index (χ4n) is 2.27. The number of alkyl halides is 2. The maximum Gasteiger partial charge on any atom is 0.319 e. The van der Waals surface area contributed by atoms with E-state index in [1.54, 1.807) is 11.3 Å². The molecule has 4 nitrogen and oxygen atoms in total. The van der Waals surface area contributed by atoms with Gasteiger partial charge in [0.25, 0.3) is 0 Å². The number of imidazole rings is 1. The second-order valence-electron chi connectivity index (χ2n) is 5.78. The summed E-state index contributed by atoms with van der Waals surface area (Å²) >= 11 is 1.70. The molecule has 0 radical (unpaired) electrons. The third-order valence-corrected chi connectivity index (χ3v) is 5.36. The van der Waals surface area contributed by atoms with Crippen LogP contribution in [0.3, 0.4) is 0 Å². The molecular formula is C15H22F2N4S. The molecule has 0 amide bonds. The molecule has 0 fully saturated rings. The van der Waals surface area contributed by atoms with Crippen molar-refractivity contribution >= 4 is 11.3 Å². The maximum absolute atomic E-state index is 12.9. The Kier molecular flexibility index (Phi) is 5.28. The molecule has 122 valence electrons. The highest BCUT2D eigenvalue weighted by Gasteiger charge is 2.21. The van der Waals surface area contributed by atoms with Crippen LogP contribution in [0.2, 0.25) is 0 Å². The van der Waals surface area contributed by atoms with E-state index in [-0.39, 0.29) is 6.04 Å². The number of hydrogen-bond donors (Lipinski definition) is 0. The summed E-state index contributed by atoms with van der Waals surface area (Å²) < 4.78 is 26.7. The van der Waals surface area contributed by atoms with Crippen LogP contribution in [0.1, 0.15) is 60.7 Å². The highest BCUT2D eigenvalue weighted by Crippen LogP contribution is 2.32. The fourth-order valence-corrected chi connectivity index (χ4v) is 3.46. The SMILES string of the molecule is Cc1nc(C(C)C)sc1[C@H](C)N(C)Cc1nccn1C(F)F. The molecule has 0 aromatic carbocycles. The first-order valence-corrected chi connectivity index (χ1v) is 8.10. The molecule has 0 saturated carbocycles. The number of thiazole rings is 1. The summed E-state index contributed by atoms with van der Waals surface area (Å²) in [6, 6.07) is 0.104. The predicted molar refractivity (Wildman–Crippen MR) is 84.3 cm³/mol. The Morgan fingerprint density at radius 1 is 1.32 bits per heavy atom. The van der Waals surface area contributed by atoms with Crippen molar-refractivity contribution in [3.8, 4) is 0 Å². The van der Waals surface area contributed by atoms with Gasteiger partial charge in [0.1, 0.15) is 5.82 Å². The van der Waals surface area contributed by atoms with Crippen molar-refractivity contribution in [1.29, 1.82) is 0 Å². The van der Waals surface area contributed by atoms with Crippen LogP contribution in [0.15, 0.2) is 12.4 Å². The van der Waals surface area contributed by atoms with E-state index in [1.807, 2.05) is 18.9 Å². The zero-order valence-corrected chi connectivity index (χ0v) is 14.4. The van der Waals surface area contributed by atoms with Gasteiger partial charge in [-0.2, -0.15) is 8.78 Å². The maximum atomic E-state index is 12.9. The molecule has 0 N–H and O–H groups in total. The van der Waals surface area contributed by atoms with E-state index in [0.717, 1.165) is 15.3 Å². The number of nitrogens with zero attached hydrogens (tertiary/aromatic N) is 4. The zero-order valence-electron chi connectivity index (χ0n) is 13.5. The first-order chi connectivity index (χ1) is 10.3. The monoisotopic (exact) mass is 328 g/mol. The third kappa shape index (κ3) is 3.52. The second kappa shape index (κ2) is 6.83. The van der Waals surface area contributed by atoms with Gasteiger partial charge in [-0.25, -0.2) is 9.97 Å². The molecule has 0 saturated heterocycles. The summed E-state index contributed by atoms with van der Waals surface area (Å²) in [6.07, 6.45) is 2.72. The summed E-state index contributed by atoms with van der Waals surface area (Å²) in [5.74, 6) is 0.767. The van der Waals surface area contributed by atoms with E-state index in [4.69, 9.17) is 0 Å². The molecule has 2 rings (SSSR count). The third-order valence-electron chi connectivity index (χ3n) is 3.73. The van der Waals surface area contributed by atoms with Crippen LogP contribution in [0, 0.1) is 6.92 Å². The van der Waals surface area contributed by atoms with Crippen molar-refractivity contribution in [2.24, 2.45) is 0 Å². The van der Waals surface area contributed by atoms with Crippen molar-refractivity contribution in [1.82, 2.24) is 19.4 Å². The van der Waals surface area contributed by atoms with Crippen molar-refractivity contribution in [2.75, 3.05) is 7.05 Å². The molecule has 2 heterocycles. The van der Waals surface area contributed by atoms with Gasteiger partial charge in [-0.15, -0.1) is 11.3 Å². The Hall–Kier alpha value is -1.34. The summed E-state index contributed by atoms with van der Waals surface area (Å²) in [7, 11) is 1.92. The van der Waals surface area contributed by atoms with Crippen molar-refractivity contribution < 1.29 is 8.78 Å². The lowest BCUT2D eigenvalue weighted by Crippen LogP contribution is -2.24. The van der Waals surface area contributed by atoms with Crippen LogP contribution >= 0.6 is 11.3 Å². The lowest BCUT2D eigenvalue weighted by molar-refractivity contribution is 0.0636. The van der Waals surface area contributed by atoms with Gasteiger partial charge in [0.15, 0.2) is 0 Å². The number of hydrogen-bond acceptors (Lipinski definition) is 4. The zero-order chi connectivity index (χ0) is 16.4. The van der Waals surface area contributed by atoms with E-state index in [1.165, 1.54) is 17.3 Å². The van der Waals surface area contributed by atoms with Gasteiger partial charge < -0.3 is 0 Å². The summed E-state index contributed by atoms with van der Waals surface area (Å²) in [5.41, 5.74) is 1.02. The number of aryl methyl sites for hydroxylation is 1. The van der Waals surface area contributed by atoms with Crippen LogP contribution < -0.4 is 0 Å². The minimum Gasteiger partial charge on any atom is -0.291 e. The molecule has 0 spiro atoms. The highest BCUT2D eigenvalue weighted by molar-refractivity contribution is 7.11. The molecule has 2 aromatic heterocycles. The molecule has 2 aromatic rings. The summed E-state index contributed by atoms with van der Waals surface area (Å²) in [5, 5.41) is 1.11. The number of aromatic nitrogens is 3. The Morgan fingerprint density at radius 3 is 2.55 bits per heavy atom.